The molecule has 3 heteroatoms. The van der Waals surface area contributed by atoms with Crippen LogP contribution in [0.3, 0.4) is 0 Å². The second-order valence-electron chi connectivity index (χ2n) is 7.26. The SMILES string of the molecule is O=[N+]([O-])c1cccc(C#CC23CC4CC(CC(C4)C2)C3)c1. The first-order valence-corrected chi connectivity index (χ1v) is 7.90. The summed E-state index contributed by atoms with van der Waals surface area (Å²) in [6.07, 6.45) is 8.00. The molecule has 4 fully saturated rings. The lowest BCUT2D eigenvalue weighted by molar-refractivity contribution is -0.384. The number of hydrogen-bond acceptors (Lipinski definition) is 2. The molecule has 0 aliphatic heterocycles. The Bertz CT molecular complexity index is 617. The average molecular weight is 281 g/mol. The van der Waals surface area contributed by atoms with Gasteiger partial charge in [0.1, 0.15) is 0 Å². The van der Waals surface area contributed by atoms with Gasteiger partial charge >= 0.3 is 0 Å². The van der Waals surface area contributed by atoms with E-state index in [1.807, 2.05) is 6.07 Å². The van der Waals surface area contributed by atoms with E-state index in [2.05, 4.69) is 11.8 Å². The minimum absolute atomic E-state index is 0.132. The average Bonchev–Trinajstić information content (AvgIpc) is 2.44. The highest BCUT2D eigenvalue weighted by molar-refractivity contribution is 5.44. The molecule has 0 atom stereocenters. The number of rotatable bonds is 1. The molecular formula is C18H19NO2. The molecular weight excluding hydrogens is 262 g/mol. The van der Waals surface area contributed by atoms with Crippen molar-refractivity contribution in [3.63, 3.8) is 0 Å². The molecule has 3 nitrogen and oxygen atoms in total. The normalized spacial score (nSPS) is 36.1. The van der Waals surface area contributed by atoms with Gasteiger partial charge in [0.15, 0.2) is 0 Å². The summed E-state index contributed by atoms with van der Waals surface area (Å²) < 4.78 is 0. The van der Waals surface area contributed by atoms with E-state index in [0.717, 1.165) is 23.3 Å². The fourth-order valence-electron chi connectivity index (χ4n) is 5.17. The maximum atomic E-state index is 10.8. The maximum Gasteiger partial charge on any atom is 0.270 e. The van der Waals surface area contributed by atoms with Crippen molar-refractivity contribution in [1.29, 1.82) is 0 Å². The Balaban J connectivity index is 1.62. The molecule has 4 saturated carbocycles. The van der Waals surface area contributed by atoms with E-state index >= 15 is 0 Å². The van der Waals surface area contributed by atoms with Crippen molar-refractivity contribution < 1.29 is 4.92 Å². The van der Waals surface area contributed by atoms with Crippen LogP contribution in [0, 0.1) is 45.1 Å². The molecule has 0 aromatic heterocycles. The molecule has 0 radical (unpaired) electrons. The maximum absolute atomic E-state index is 10.8. The van der Waals surface area contributed by atoms with Gasteiger partial charge in [-0.05, 0) is 62.3 Å². The van der Waals surface area contributed by atoms with E-state index in [0.29, 0.717) is 0 Å². The van der Waals surface area contributed by atoms with Crippen molar-refractivity contribution in [1.82, 2.24) is 0 Å². The first-order valence-electron chi connectivity index (χ1n) is 7.90. The molecule has 5 rings (SSSR count). The summed E-state index contributed by atoms with van der Waals surface area (Å²) in [6.45, 7) is 0. The van der Waals surface area contributed by atoms with E-state index in [1.165, 1.54) is 44.6 Å². The summed E-state index contributed by atoms with van der Waals surface area (Å²) in [6, 6.07) is 6.71. The number of nitro groups is 1. The predicted octanol–water partition coefficient (Wildman–Crippen LogP) is 4.16. The van der Waals surface area contributed by atoms with E-state index in [9.17, 15) is 10.1 Å². The molecule has 4 aliphatic rings. The largest absolute Gasteiger partial charge is 0.270 e. The van der Waals surface area contributed by atoms with Gasteiger partial charge in [0.2, 0.25) is 0 Å². The third kappa shape index (κ3) is 2.33. The third-order valence-corrected chi connectivity index (χ3v) is 5.57. The van der Waals surface area contributed by atoms with E-state index in [4.69, 9.17) is 0 Å². The zero-order valence-corrected chi connectivity index (χ0v) is 12.0. The van der Waals surface area contributed by atoms with Crippen LogP contribution in [0.25, 0.3) is 0 Å². The first-order chi connectivity index (χ1) is 10.1. The fraction of sp³-hybridized carbons (Fsp3) is 0.556. The Morgan fingerprint density at radius 1 is 1.10 bits per heavy atom. The zero-order chi connectivity index (χ0) is 14.4. The van der Waals surface area contributed by atoms with Crippen molar-refractivity contribution in [2.45, 2.75) is 38.5 Å². The highest BCUT2D eigenvalue weighted by Gasteiger charge is 2.50. The quantitative estimate of drug-likeness (QED) is 0.440. The van der Waals surface area contributed by atoms with Crippen LogP contribution in [0.15, 0.2) is 24.3 Å². The van der Waals surface area contributed by atoms with Gasteiger partial charge < -0.3 is 0 Å². The molecule has 108 valence electrons. The van der Waals surface area contributed by atoms with Gasteiger partial charge in [0.05, 0.1) is 4.92 Å². The van der Waals surface area contributed by atoms with Gasteiger partial charge in [-0.3, -0.25) is 10.1 Å². The number of nitrogens with zero attached hydrogens (tertiary/aromatic N) is 1. The summed E-state index contributed by atoms with van der Waals surface area (Å²) in [4.78, 5) is 10.5. The molecule has 21 heavy (non-hydrogen) atoms. The van der Waals surface area contributed by atoms with Gasteiger partial charge in [-0.15, -0.1) is 0 Å². The molecule has 0 N–H and O–H groups in total. The summed E-state index contributed by atoms with van der Waals surface area (Å²) in [5.41, 5.74) is 1.12. The van der Waals surface area contributed by atoms with E-state index in [1.54, 1.807) is 12.1 Å². The highest BCUT2D eigenvalue weighted by Crippen LogP contribution is 2.59. The van der Waals surface area contributed by atoms with E-state index < -0.39 is 0 Å². The van der Waals surface area contributed by atoms with Gasteiger partial charge in [0.25, 0.3) is 5.69 Å². The van der Waals surface area contributed by atoms with Crippen molar-refractivity contribution in [2.24, 2.45) is 23.2 Å². The highest BCUT2D eigenvalue weighted by atomic mass is 16.6. The number of benzene rings is 1. The smallest absolute Gasteiger partial charge is 0.258 e. The van der Waals surface area contributed by atoms with Crippen LogP contribution >= 0.6 is 0 Å². The van der Waals surface area contributed by atoms with Crippen LogP contribution in [0.1, 0.15) is 44.1 Å². The van der Waals surface area contributed by atoms with Crippen LogP contribution < -0.4 is 0 Å². The van der Waals surface area contributed by atoms with Crippen molar-refractivity contribution in [2.75, 3.05) is 0 Å². The molecule has 1 aromatic carbocycles. The van der Waals surface area contributed by atoms with Crippen LogP contribution in [0.2, 0.25) is 0 Å². The Morgan fingerprint density at radius 3 is 2.29 bits per heavy atom. The van der Waals surface area contributed by atoms with Crippen molar-refractivity contribution in [3.05, 3.63) is 39.9 Å². The topological polar surface area (TPSA) is 43.1 Å². The second kappa shape index (κ2) is 4.59. The van der Waals surface area contributed by atoms with Gasteiger partial charge in [-0.1, -0.05) is 17.9 Å². The minimum Gasteiger partial charge on any atom is -0.258 e. The van der Waals surface area contributed by atoms with Gasteiger partial charge in [-0.25, -0.2) is 0 Å². The molecule has 0 saturated heterocycles. The molecule has 0 amide bonds. The number of non-ortho nitro benzene ring substituents is 1. The first kappa shape index (κ1) is 12.9. The van der Waals surface area contributed by atoms with Gasteiger partial charge in [0, 0.05) is 23.1 Å². The third-order valence-electron chi connectivity index (χ3n) is 5.57. The molecule has 4 bridgehead atoms. The predicted molar refractivity (Wildman–Crippen MR) is 80.6 cm³/mol. The summed E-state index contributed by atoms with van der Waals surface area (Å²) >= 11 is 0. The lowest BCUT2D eigenvalue weighted by Crippen LogP contribution is -2.45. The second-order valence-corrected chi connectivity index (χ2v) is 7.26. The Kier molecular flexibility index (Phi) is 2.82. The fourth-order valence-corrected chi connectivity index (χ4v) is 5.17. The lowest BCUT2D eigenvalue weighted by atomic mass is 9.50. The molecule has 0 spiro atoms. The molecule has 0 heterocycles. The van der Waals surface area contributed by atoms with Crippen LogP contribution in [-0.2, 0) is 0 Å². The lowest BCUT2D eigenvalue weighted by Gasteiger charge is -2.54. The van der Waals surface area contributed by atoms with Crippen LogP contribution in [0.4, 0.5) is 5.69 Å². The molecule has 1 aromatic rings. The van der Waals surface area contributed by atoms with Crippen molar-refractivity contribution >= 4 is 5.69 Å². The number of nitro benzene ring substituents is 1. The monoisotopic (exact) mass is 281 g/mol. The summed E-state index contributed by atoms with van der Waals surface area (Å²) in [7, 11) is 0. The van der Waals surface area contributed by atoms with E-state index in [-0.39, 0.29) is 16.0 Å². The summed E-state index contributed by atoms with van der Waals surface area (Å²) in [5.74, 6) is 9.43. The Hall–Kier alpha value is -1.82. The standard InChI is InChI=1S/C18H19NO2/c20-19(21)17-3-1-2-13(9-17)4-5-18-10-14-6-15(11-18)8-16(7-14)12-18/h1-3,9,14-16H,6-8,10-12H2. The van der Waals surface area contributed by atoms with Gasteiger partial charge in [-0.2, -0.15) is 0 Å². The van der Waals surface area contributed by atoms with Crippen LogP contribution in [0.5, 0.6) is 0 Å². The van der Waals surface area contributed by atoms with Crippen molar-refractivity contribution in [3.8, 4) is 11.8 Å². The molecule has 0 unspecified atom stereocenters. The zero-order valence-electron chi connectivity index (χ0n) is 12.0. The minimum atomic E-state index is -0.351. The Morgan fingerprint density at radius 2 is 1.71 bits per heavy atom. The summed E-state index contributed by atoms with van der Waals surface area (Å²) in [5, 5.41) is 10.8. The number of hydrogen-bond donors (Lipinski definition) is 0. The van der Waals surface area contributed by atoms with Crippen LogP contribution in [-0.4, -0.2) is 4.92 Å². The molecule has 4 aliphatic carbocycles. The Labute approximate surface area is 124 Å².